The summed E-state index contributed by atoms with van der Waals surface area (Å²) in [5, 5.41) is 22.8. The Bertz CT molecular complexity index is 735. The van der Waals surface area contributed by atoms with E-state index in [0.717, 1.165) is 44.3 Å². The first-order chi connectivity index (χ1) is 12.3. The number of nitrogens with zero attached hydrogens (tertiary/aromatic N) is 1. The molecule has 4 heteroatoms. The summed E-state index contributed by atoms with van der Waals surface area (Å²) in [6.07, 6.45) is 3.50. The lowest BCUT2D eigenvalue weighted by Crippen LogP contribution is -2.68. The maximum absolute atomic E-state index is 13.0. The number of carbonyl (C=O) groups excluding carboxylic acids is 1. The molecular formula is C22H31NO3. The van der Waals surface area contributed by atoms with Crippen LogP contribution >= 0.6 is 0 Å². The molecule has 2 N–H and O–H groups in total. The molecule has 1 heterocycles. The Balaban J connectivity index is 1.62. The van der Waals surface area contributed by atoms with Crippen LogP contribution in [-0.2, 0) is 4.79 Å². The second-order valence-corrected chi connectivity index (χ2v) is 10.7. The van der Waals surface area contributed by atoms with Gasteiger partial charge in [0.25, 0.3) is 0 Å². The van der Waals surface area contributed by atoms with Gasteiger partial charge >= 0.3 is 0 Å². The van der Waals surface area contributed by atoms with Crippen LogP contribution in [0.4, 0.5) is 0 Å². The molecule has 5 saturated carbocycles. The van der Waals surface area contributed by atoms with Gasteiger partial charge in [-0.15, -0.1) is 0 Å². The van der Waals surface area contributed by atoms with Crippen LogP contribution in [0.2, 0.25) is 0 Å². The lowest BCUT2D eigenvalue weighted by molar-refractivity contribution is -0.211. The van der Waals surface area contributed by atoms with E-state index >= 15 is 0 Å². The Morgan fingerprint density at radius 1 is 1.31 bits per heavy atom. The number of fused-ring (bicyclic) bond motifs is 1. The smallest absolute Gasteiger partial charge is 0.140 e. The molecule has 6 rings (SSSR count). The number of aliphatic hydroxyl groups excluding tert-OH is 2. The van der Waals surface area contributed by atoms with Crippen molar-refractivity contribution >= 4 is 5.78 Å². The van der Waals surface area contributed by atoms with Crippen molar-refractivity contribution in [3.63, 3.8) is 0 Å². The van der Waals surface area contributed by atoms with E-state index in [4.69, 9.17) is 0 Å². The molecule has 6 fully saturated rings. The van der Waals surface area contributed by atoms with Gasteiger partial charge in [0.1, 0.15) is 5.78 Å². The fourth-order valence-electron chi connectivity index (χ4n) is 9.75. The molecule has 0 aromatic rings. The van der Waals surface area contributed by atoms with Crippen LogP contribution in [0.5, 0.6) is 0 Å². The number of hydrogen-bond donors (Lipinski definition) is 2. The van der Waals surface area contributed by atoms with Gasteiger partial charge in [-0.2, -0.15) is 0 Å². The number of hydrogen-bond acceptors (Lipinski definition) is 4. The first-order valence-electron chi connectivity index (χ1n) is 10.6. The zero-order valence-corrected chi connectivity index (χ0v) is 15.9. The van der Waals surface area contributed by atoms with Gasteiger partial charge in [0.2, 0.25) is 0 Å². The quantitative estimate of drug-likeness (QED) is 0.705. The number of piperidine rings is 1. The number of carbonyl (C=O) groups is 1. The molecule has 7 bridgehead atoms. The van der Waals surface area contributed by atoms with E-state index in [2.05, 4.69) is 25.3 Å². The number of ketones is 1. The van der Waals surface area contributed by atoms with Crippen molar-refractivity contribution in [2.45, 2.75) is 64.2 Å². The minimum Gasteiger partial charge on any atom is -0.392 e. The van der Waals surface area contributed by atoms with E-state index in [0.29, 0.717) is 24.3 Å². The zero-order valence-electron chi connectivity index (χ0n) is 15.9. The van der Waals surface area contributed by atoms with Gasteiger partial charge in [-0.3, -0.25) is 9.69 Å². The Morgan fingerprint density at radius 2 is 2.08 bits per heavy atom. The van der Waals surface area contributed by atoms with Crippen LogP contribution in [0.25, 0.3) is 0 Å². The fourth-order valence-corrected chi connectivity index (χ4v) is 9.75. The van der Waals surface area contributed by atoms with Gasteiger partial charge in [0, 0.05) is 35.8 Å². The molecule has 10 atom stereocenters. The molecule has 5 aliphatic carbocycles. The Labute approximate surface area is 155 Å². The standard InChI is InChI=1S/C22H31NO3/c1-4-23-10-20(3)6-5-17(25)22-15(20)7-13(18(22)23)21-9-12(11(2)19(21)26)14(24)8-16(21)22/h12-13,15-19,25-26H,2,4-10H2,1,3H3/t12-,13+,15-,16+,17+,18-,19-,20+,21-,22+/m1/s1. The zero-order chi connectivity index (χ0) is 18.2. The SMILES string of the molecule is C=C1[C@H]2C[C@@]3([C@@H]1O)[C@H]1C[C@@H]4[C@@]5(C)CC[C@H](O)[C@@]4([C@@H]1N(CC)C5)[C@H]3CC2=O. The third-order valence-corrected chi connectivity index (χ3v) is 10.4. The van der Waals surface area contributed by atoms with Crippen LogP contribution in [0.3, 0.4) is 0 Å². The topological polar surface area (TPSA) is 60.8 Å². The third kappa shape index (κ3) is 1.33. The Kier molecular flexibility index (Phi) is 2.80. The summed E-state index contributed by atoms with van der Waals surface area (Å²) in [5.41, 5.74) is 0.598. The fraction of sp³-hybridized carbons (Fsp3) is 0.864. The summed E-state index contributed by atoms with van der Waals surface area (Å²) in [6, 6.07) is 0.331. The van der Waals surface area contributed by atoms with Gasteiger partial charge in [0.05, 0.1) is 12.2 Å². The molecule has 0 radical (unpaired) electrons. The summed E-state index contributed by atoms with van der Waals surface area (Å²) < 4.78 is 0. The van der Waals surface area contributed by atoms with Crippen molar-refractivity contribution in [3.05, 3.63) is 12.2 Å². The number of Topliss-reactive ketones (excluding diaryl/α,β-unsaturated/α-hetero) is 1. The molecule has 0 unspecified atom stereocenters. The minimum atomic E-state index is -0.561. The van der Waals surface area contributed by atoms with Crippen LogP contribution in [0, 0.1) is 39.9 Å². The van der Waals surface area contributed by atoms with Crippen molar-refractivity contribution < 1.29 is 15.0 Å². The lowest BCUT2D eigenvalue weighted by atomic mass is 9.43. The predicted octanol–water partition coefficient (Wildman–Crippen LogP) is 2.00. The highest BCUT2D eigenvalue weighted by molar-refractivity contribution is 5.87. The molecule has 26 heavy (non-hydrogen) atoms. The van der Waals surface area contributed by atoms with Crippen molar-refractivity contribution in [2.75, 3.05) is 13.1 Å². The van der Waals surface area contributed by atoms with Gasteiger partial charge in [-0.25, -0.2) is 0 Å². The Morgan fingerprint density at radius 3 is 2.81 bits per heavy atom. The lowest BCUT2D eigenvalue weighted by Gasteiger charge is -2.65. The van der Waals surface area contributed by atoms with E-state index in [1.165, 1.54) is 0 Å². The van der Waals surface area contributed by atoms with Crippen LogP contribution in [0.1, 0.15) is 46.0 Å². The van der Waals surface area contributed by atoms with E-state index in [9.17, 15) is 15.0 Å². The second kappa shape index (κ2) is 4.47. The highest BCUT2D eigenvalue weighted by Gasteiger charge is 2.85. The number of rotatable bonds is 1. The average molecular weight is 357 g/mol. The molecule has 0 aromatic carbocycles. The van der Waals surface area contributed by atoms with Gasteiger partial charge < -0.3 is 10.2 Å². The van der Waals surface area contributed by atoms with E-state index in [-0.39, 0.29) is 40.0 Å². The molecular weight excluding hydrogens is 326 g/mol. The molecule has 6 aliphatic rings. The number of likely N-dealkylation sites (tertiary alicyclic amines) is 1. The molecule has 1 saturated heterocycles. The summed E-state index contributed by atoms with van der Waals surface area (Å²) in [6.45, 7) is 10.9. The maximum Gasteiger partial charge on any atom is 0.140 e. The van der Waals surface area contributed by atoms with E-state index in [1.807, 2.05) is 0 Å². The second-order valence-electron chi connectivity index (χ2n) is 10.7. The first-order valence-corrected chi connectivity index (χ1v) is 10.6. The van der Waals surface area contributed by atoms with Gasteiger partial charge in [-0.05, 0) is 61.0 Å². The van der Waals surface area contributed by atoms with E-state index in [1.54, 1.807) is 0 Å². The molecule has 0 aromatic heterocycles. The van der Waals surface area contributed by atoms with Crippen molar-refractivity contribution in [2.24, 2.45) is 39.9 Å². The van der Waals surface area contributed by atoms with Crippen molar-refractivity contribution in [1.29, 1.82) is 0 Å². The predicted molar refractivity (Wildman–Crippen MR) is 97.2 cm³/mol. The molecule has 2 spiro atoms. The summed E-state index contributed by atoms with van der Waals surface area (Å²) in [4.78, 5) is 15.6. The minimum absolute atomic E-state index is 0.130. The monoisotopic (exact) mass is 357 g/mol. The Hall–Kier alpha value is -0.710. The average Bonchev–Trinajstić information content (AvgIpc) is 3.14. The normalized spacial score (nSPS) is 62.7. The van der Waals surface area contributed by atoms with Crippen LogP contribution < -0.4 is 0 Å². The molecule has 1 aliphatic heterocycles. The highest BCUT2D eigenvalue weighted by Crippen LogP contribution is 2.83. The molecule has 142 valence electrons. The van der Waals surface area contributed by atoms with E-state index < -0.39 is 6.10 Å². The molecule has 4 nitrogen and oxygen atoms in total. The summed E-state index contributed by atoms with van der Waals surface area (Å²) in [7, 11) is 0. The van der Waals surface area contributed by atoms with Crippen molar-refractivity contribution in [1.82, 2.24) is 4.90 Å². The number of aliphatic hydroxyl groups is 2. The summed E-state index contributed by atoms with van der Waals surface area (Å²) in [5.74, 6) is 1.16. The third-order valence-electron chi connectivity index (χ3n) is 10.4. The van der Waals surface area contributed by atoms with Crippen molar-refractivity contribution in [3.8, 4) is 0 Å². The maximum atomic E-state index is 13.0. The highest BCUT2D eigenvalue weighted by atomic mass is 16.3. The molecule has 0 amide bonds. The summed E-state index contributed by atoms with van der Waals surface area (Å²) >= 11 is 0. The van der Waals surface area contributed by atoms with Crippen LogP contribution in [0.15, 0.2) is 12.2 Å². The van der Waals surface area contributed by atoms with Gasteiger partial charge in [-0.1, -0.05) is 20.4 Å². The van der Waals surface area contributed by atoms with Crippen LogP contribution in [-0.4, -0.2) is 52.2 Å². The first kappa shape index (κ1) is 16.3. The largest absolute Gasteiger partial charge is 0.392 e. The van der Waals surface area contributed by atoms with Gasteiger partial charge in [0.15, 0.2) is 0 Å².